The number of anilines is 2. The molecule has 172 valence electrons. The first kappa shape index (κ1) is 22.1. The maximum atomic E-state index is 12.7. The van der Waals surface area contributed by atoms with Gasteiger partial charge < -0.3 is 24.3 Å². The Morgan fingerprint density at radius 3 is 1.97 bits per heavy atom. The summed E-state index contributed by atoms with van der Waals surface area (Å²) in [5, 5.41) is 8.74. The van der Waals surface area contributed by atoms with E-state index in [-0.39, 0.29) is 11.5 Å². The monoisotopic (exact) mass is 450 g/mol. The molecule has 2 aliphatic heterocycles. The number of rotatable bonds is 4. The first-order valence-corrected chi connectivity index (χ1v) is 10.5. The maximum absolute atomic E-state index is 12.7. The summed E-state index contributed by atoms with van der Waals surface area (Å²) in [4.78, 5) is 20.9. The van der Waals surface area contributed by atoms with Gasteiger partial charge in [-0.1, -0.05) is 6.07 Å². The highest BCUT2D eigenvalue weighted by Crippen LogP contribution is 2.24. The van der Waals surface area contributed by atoms with Crippen molar-refractivity contribution in [2.45, 2.75) is 6.36 Å². The molecule has 0 atom stereocenters. The van der Waals surface area contributed by atoms with Gasteiger partial charge in [-0.05, 0) is 37.4 Å². The molecule has 2 saturated heterocycles. The number of likely N-dealkylation sites (N-methyl/N-ethyl adjacent to an activating group) is 1. The number of carbonyl (C=O) groups is 1. The molecule has 0 unspecified atom stereocenters. The molecule has 4 rings (SSSR count). The Kier molecular flexibility index (Phi) is 6.35. The van der Waals surface area contributed by atoms with Crippen molar-refractivity contribution in [2.75, 3.05) is 69.2 Å². The van der Waals surface area contributed by atoms with Gasteiger partial charge in [0.25, 0.3) is 5.91 Å². The Hall–Kier alpha value is -3.08. The van der Waals surface area contributed by atoms with Gasteiger partial charge in [-0.15, -0.1) is 23.4 Å². The lowest BCUT2D eigenvalue weighted by Gasteiger charge is -2.36. The lowest BCUT2D eigenvalue weighted by molar-refractivity contribution is -0.274. The second-order valence-electron chi connectivity index (χ2n) is 7.89. The van der Waals surface area contributed by atoms with Crippen LogP contribution >= 0.6 is 0 Å². The largest absolute Gasteiger partial charge is 0.573 e. The fourth-order valence-corrected chi connectivity index (χ4v) is 3.84. The number of carbonyl (C=O) groups excluding carboxylic acids is 1. The zero-order chi connectivity index (χ0) is 22.7. The van der Waals surface area contributed by atoms with Crippen LogP contribution in [0.3, 0.4) is 0 Å². The summed E-state index contributed by atoms with van der Waals surface area (Å²) in [5.41, 5.74) is 0.163. The third-order valence-electron chi connectivity index (χ3n) is 5.67. The van der Waals surface area contributed by atoms with E-state index in [0.717, 1.165) is 43.9 Å². The number of hydrogen-bond acceptors (Lipinski definition) is 7. The van der Waals surface area contributed by atoms with Crippen molar-refractivity contribution in [1.82, 2.24) is 20.0 Å². The average molecular weight is 450 g/mol. The van der Waals surface area contributed by atoms with Crippen molar-refractivity contribution < 1.29 is 22.7 Å². The van der Waals surface area contributed by atoms with Gasteiger partial charge in [0.2, 0.25) is 0 Å². The van der Waals surface area contributed by atoms with Crippen molar-refractivity contribution in [2.24, 2.45) is 0 Å². The summed E-state index contributed by atoms with van der Waals surface area (Å²) in [6.45, 7) is 5.81. The van der Waals surface area contributed by atoms with Crippen LogP contribution in [0.4, 0.5) is 24.8 Å². The summed E-state index contributed by atoms with van der Waals surface area (Å²) in [7, 11) is 2.10. The standard InChI is InChI=1S/C21H25F3N6O2/c1-27-7-9-28(10-8-27)18-5-6-19(26-25-18)29-11-13-30(14-12-29)20(31)16-3-2-4-17(15-16)32-21(22,23)24/h2-6,15H,7-14H2,1H3. The van der Waals surface area contributed by atoms with Gasteiger partial charge in [-0.3, -0.25) is 4.79 Å². The number of piperazine rings is 2. The number of hydrogen-bond donors (Lipinski definition) is 0. The smallest absolute Gasteiger partial charge is 0.406 e. The van der Waals surface area contributed by atoms with Crippen molar-refractivity contribution in [1.29, 1.82) is 0 Å². The first-order valence-electron chi connectivity index (χ1n) is 10.5. The fourth-order valence-electron chi connectivity index (χ4n) is 3.84. The van der Waals surface area contributed by atoms with E-state index in [1.807, 2.05) is 17.0 Å². The second-order valence-corrected chi connectivity index (χ2v) is 7.89. The lowest BCUT2D eigenvalue weighted by Crippen LogP contribution is -2.49. The predicted molar refractivity (Wildman–Crippen MR) is 113 cm³/mol. The molecule has 2 aromatic rings. The molecular weight excluding hydrogens is 425 g/mol. The highest BCUT2D eigenvalue weighted by molar-refractivity contribution is 5.94. The third-order valence-corrected chi connectivity index (χ3v) is 5.67. The number of alkyl halides is 3. The van der Waals surface area contributed by atoms with Gasteiger partial charge in [0.15, 0.2) is 11.6 Å². The van der Waals surface area contributed by atoms with Crippen LogP contribution in [0.2, 0.25) is 0 Å². The number of halogens is 3. The lowest BCUT2D eigenvalue weighted by atomic mass is 10.1. The molecule has 1 aromatic heterocycles. The van der Waals surface area contributed by atoms with Crippen LogP contribution in [-0.2, 0) is 0 Å². The van der Waals surface area contributed by atoms with E-state index in [4.69, 9.17) is 0 Å². The molecule has 0 bridgehead atoms. The van der Waals surface area contributed by atoms with Crippen molar-refractivity contribution in [3.05, 3.63) is 42.0 Å². The first-order chi connectivity index (χ1) is 15.3. The second kappa shape index (κ2) is 9.19. The topological polar surface area (TPSA) is 65.0 Å². The fraction of sp³-hybridized carbons (Fsp3) is 0.476. The Labute approximate surface area is 184 Å². The van der Waals surface area contributed by atoms with Crippen LogP contribution in [0, 0.1) is 0 Å². The minimum atomic E-state index is -4.80. The van der Waals surface area contributed by atoms with Crippen LogP contribution in [0.25, 0.3) is 0 Å². The van der Waals surface area contributed by atoms with E-state index in [1.165, 1.54) is 18.2 Å². The third kappa shape index (κ3) is 5.39. The summed E-state index contributed by atoms with van der Waals surface area (Å²) in [6.07, 6.45) is -4.80. The van der Waals surface area contributed by atoms with Gasteiger partial charge in [-0.2, -0.15) is 0 Å². The molecule has 0 radical (unpaired) electrons. The molecule has 2 aliphatic rings. The molecule has 1 amide bonds. The van der Waals surface area contributed by atoms with Crippen LogP contribution in [0.15, 0.2) is 36.4 Å². The average Bonchev–Trinajstić information content (AvgIpc) is 2.78. The molecule has 32 heavy (non-hydrogen) atoms. The van der Waals surface area contributed by atoms with Crippen LogP contribution < -0.4 is 14.5 Å². The maximum Gasteiger partial charge on any atom is 0.573 e. The zero-order valence-electron chi connectivity index (χ0n) is 17.8. The van der Waals surface area contributed by atoms with Gasteiger partial charge in [-0.25, -0.2) is 0 Å². The minimum absolute atomic E-state index is 0.163. The van der Waals surface area contributed by atoms with E-state index in [1.54, 1.807) is 4.90 Å². The van der Waals surface area contributed by atoms with E-state index in [2.05, 4.69) is 31.8 Å². The highest BCUT2D eigenvalue weighted by Gasteiger charge is 2.31. The van der Waals surface area contributed by atoms with Crippen molar-refractivity contribution in [3.63, 3.8) is 0 Å². The predicted octanol–water partition coefficient (Wildman–Crippen LogP) is 2.09. The molecule has 11 heteroatoms. The molecule has 0 N–H and O–H groups in total. The Morgan fingerprint density at radius 2 is 1.44 bits per heavy atom. The van der Waals surface area contributed by atoms with E-state index in [9.17, 15) is 18.0 Å². The Bertz CT molecular complexity index is 924. The summed E-state index contributed by atoms with van der Waals surface area (Å²) in [5.74, 6) is 0.874. The molecule has 1 aromatic carbocycles. The van der Waals surface area contributed by atoms with Gasteiger partial charge >= 0.3 is 6.36 Å². The molecule has 0 saturated carbocycles. The van der Waals surface area contributed by atoms with Crippen molar-refractivity contribution >= 4 is 17.5 Å². The van der Waals surface area contributed by atoms with Crippen LogP contribution in [-0.4, -0.2) is 91.7 Å². The number of nitrogens with zero attached hydrogens (tertiary/aromatic N) is 6. The molecule has 2 fully saturated rings. The van der Waals surface area contributed by atoms with E-state index in [0.29, 0.717) is 26.2 Å². The molecule has 3 heterocycles. The number of amides is 1. The SMILES string of the molecule is CN1CCN(c2ccc(N3CCN(C(=O)c4cccc(OC(F)(F)F)c4)CC3)nn2)CC1. The molecule has 0 spiro atoms. The molecular formula is C21H25F3N6O2. The van der Waals surface area contributed by atoms with Gasteiger partial charge in [0.1, 0.15) is 5.75 Å². The van der Waals surface area contributed by atoms with E-state index < -0.39 is 12.1 Å². The van der Waals surface area contributed by atoms with Crippen molar-refractivity contribution in [3.8, 4) is 5.75 Å². The summed E-state index contributed by atoms with van der Waals surface area (Å²) < 4.78 is 41.2. The minimum Gasteiger partial charge on any atom is -0.406 e. The Morgan fingerprint density at radius 1 is 0.875 bits per heavy atom. The number of aromatic nitrogens is 2. The summed E-state index contributed by atoms with van der Waals surface area (Å²) >= 11 is 0. The zero-order valence-corrected chi connectivity index (χ0v) is 17.8. The molecule has 8 nitrogen and oxygen atoms in total. The highest BCUT2D eigenvalue weighted by atomic mass is 19.4. The van der Waals surface area contributed by atoms with Crippen LogP contribution in [0.1, 0.15) is 10.4 Å². The van der Waals surface area contributed by atoms with Crippen LogP contribution in [0.5, 0.6) is 5.75 Å². The van der Waals surface area contributed by atoms with Gasteiger partial charge in [0, 0.05) is 57.9 Å². The van der Waals surface area contributed by atoms with Gasteiger partial charge in [0.05, 0.1) is 0 Å². The van der Waals surface area contributed by atoms with E-state index >= 15 is 0 Å². The number of ether oxygens (including phenoxy) is 1. The number of benzene rings is 1. The normalized spacial score (nSPS) is 18.1. The summed E-state index contributed by atoms with van der Waals surface area (Å²) in [6, 6.07) is 9.06. The Balaban J connectivity index is 1.33. The quantitative estimate of drug-likeness (QED) is 0.707. The molecule has 0 aliphatic carbocycles.